The Morgan fingerprint density at radius 1 is 0.900 bits per heavy atom. The van der Waals surface area contributed by atoms with E-state index in [9.17, 15) is 19.4 Å². The molecule has 9 nitrogen and oxygen atoms in total. The van der Waals surface area contributed by atoms with Crippen molar-refractivity contribution in [2.75, 3.05) is 26.4 Å². The van der Waals surface area contributed by atoms with E-state index in [0.29, 0.717) is 6.42 Å². The fourth-order valence-electron chi connectivity index (χ4n) is 2.39. The van der Waals surface area contributed by atoms with E-state index in [1.165, 1.54) is 25.7 Å². The second-order valence-electron chi connectivity index (χ2n) is 7.15. The van der Waals surface area contributed by atoms with Gasteiger partial charge in [-0.1, -0.05) is 44.8 Å². The van der Waals surface area contributed by atoms with Crippen molar-refractivity contribution in [1.29, 1.82) is 0 Å². The van der Waals surface area contributed by atoms with E-state index < -0.39 is 45.8 Å². The highest BCUT2D eigenvalue weighted by Gasteiger charge is 2.24. The number of carbonyl (C=O) groups is 1. The van der Waals surface area contributed by atoms with Crippen LogP contribution in [-0.2, 0) is 23.1 Å². The number of esters is 1. The second-order valence-corrected chi connectivity index (χ2v) is 8.61. The maximum Gasteiger partial charge on any atom is 0.472 e. The van der Waals surface area contributed by atoms with Gasteiger partial charge in [0.05, 0.1) is 19.8 Å². The number of phosphoric acid groups is 1. The summed E-state index contributed by atoms with van der Waals surface area (Å²) in [5.41, 5.74) is 0. The summed E-state index contributed by atoms with van der Waals surface area (Å²) in [6.45, 7) is 0.0303. The van der Waals surface area contributed by atoms with Gasteiger partial charge in [0.15, 0.2) is 0 Å². The van der Waals surface area contributed by atoms with Gasteiger partial charge in [-0.05, 0) is 32.1 Å². The van der Waals surface area contributed by atoms with Gasteiger partial charge in [0.25, 0.3) is 0 Å². The molecule has 3 atom stereocenters. The van der Waals surface area contributed by atoms with Crippen molar-refractivity contribution in [3.8, 4) is 0 Å². The maximum atomic E-state index is 11.7. The number of aliphatic hydroxyl groups excluding tert-OH is 3. The van der Waals surface area contributed by atoms with Gasteiger partial charge in [-0.15, -0.1) is 0 Å². The quantitative estimate of drug-likeness (QED) is 0.0945. The smallest absolute Gasteiger partial charge is 0.463 e. The van der Waals surface area contributed by atoms with E-state index in [4.69, 9.17) is 14.9 Å². The minimum absolute atomic E-state index is 0.245. The predicted molar refractivity (Wildman–Crippen MR) is 113 cm³/mol. The summed E-state index contributed by atoms with van der Waals surface area (Å²) in [7, 11) is -4.48. The minimum atomic E-state index is -4.48. The molecule has 4 N–H and O–H groups in total. The van der Waals surface area contributed by atoms with Crippen LogP contribution < -0.4 is 0 Å². The van der Waals surface area contributed by atoms with Gasteiger partial charge in [-0.2, -0.15) is 0 Å². The van der Waals surface area contributed by atoms with Crippen LogP contribution in [0.3, 0.4) is 0 Å². The van der Waals surface area contributed by atoms with Gasteiger partial charge in [-0.3, -0.25) is 13.8 Å². The lowest BCUT2D eigenvalue weighted by Crippen LogP contribution is -2.24. The first-order valence-electron chi connectivity index (χ1n) is 10.7. The van der Waals surface area contributed by atoms with Crippen LogP contribution in [0.5, 0.6) is 0 Å². The highest BCUT2D eigenvalue weighted by molar-refractivity contribution is 7.47. The highest BCUT2D eigenvalue weighted by atomic mass is 31.2. The van der Waals surface area contributed by atoms with Crippen molar-refractivity contribution in [3.63, 3.8) is 0 Å². The van der Waals surface area contributed by atoms with Crippen LogP contribution >= 0.6 is 7.82 Å². The van der Waals surface area contributed by atoms with E-state index in [-0.39, 0.29) is 13.0 Å². The molecule has 0 saturated carbocycles. The molecule has 0 aromatic heterocycles. The van der Waals surface area contributed by atoms with Crippen molar-refractivity contribution < 1.29 is 43.4 Å². The van der Waals surface area contributed by atoms with Crippen LogP contribution in [0.4, 0.5) is 0 Å². The molecule has 0 rings (SSSR count). The number of allylic oxidation sites excluding steroid dienone is 2. The Hall–Kier alpha value is -0.800. The number of hydrogen-bond acceptors (Lipinski definition) is 8. The Morgan fingerprint density at radius 2 is 1.47 bits per heavy atom. The molecule has 0 aromatic carbocycles. The van der Waals surface area contributed by atoms with Crippen molar-refractivity contribution in [3.05, 3.63) is 12.2 Å². The van der Waals surface area contributed by atoms with E-state index in [0.717, 1.165) is 25.7 Å². The van der Waals surface area contributed by atoms with Crippen LogP contribution in [0.15, 0.2) is 12.2 Å². The molecule has 1 unspecified atom stereocenters. The van der Waals surface area contributed by atoms with E-state index >= 15 is 0 Å². The van der Waals surface area contributed by atoms with Crippen LogP contribution in [-0.4, -0.2) is 64.8 Å². The SMILES string of the molecule is CCCCCC/C=C\CCCCCC(=O)OC[C@@H](O)COP(=O)(O)OC[C@@H](O)CO. The van der Waals surface area contributed by atoms with Crippen LogP contribution in [0.25, 0.3) is 0 Å². The summed E-state index contributed by atoms with van der Waals surface area (Å²) in [6.07, 6.45) is 11.8. The van der Waals surface area contributed by atoms with E-state index in [1.54, 1.807) is 0 Å². The molecular weight excluding hydrogens is 415 g/mol. The maximum absolute atomic E-state index is 11.7. The molecule has 0 aromatic rings. The number of ether oxygens (including phenoxy) is 1. The van der Waals surface area contributed by atoms with Crippen molar-refractivity contribution in [1.82, 2.24) is 0 Å². The number of aliphatic hydroxyl groups is 3. The standard InChI is InChI=1S/C20H39O9P/c1-2-3-4-5-6-7-8-9-10-11-12-13-20(24)27-15-19(23)17-29-30(25,26)28-16-18(22)14-21/h7-8,18-19,21-23H,2-6,9-17H2,1H3,(H,25,26)/b8-7-/t18-,19+/m0/s1. The minimum Gasteiger partial charge on any atom is -0.463 e. The number of hydrogen-bond donors (Lipinski definition) is 4. The molecule has 0 bridgehead atoms. The monoisotopic (exact) mass is 454 g/mol. The molecule has 0 amide bonds. The van der Waals surface area contributed by atoms with Crippen molar-refractivity contribution >= 4 is 13.8 Å². The second kappa shape index (κ2) is 18.9. The Morgan fingerprint density at radius 3 is 2.03 bits per heavy atom. The molecule has 178 valence electrons. The van der Waals surface area contributed by atoms with Gasteiger partial charge < -0.3 is 24.9 Å². The Labute approximate surface area is 179 Å². The van der Waals surface area contributed by atoms with E-state index in [1.807, 2.05) is 0 Å². The molecule has 0 heterocycles. The molecule has 0 aliphatic carbocycles. The normalized spacial score (nSPS) is 15.8. The Bertz CT molecular complexity index is 499. The third-order valence-corrected chi connectivity index (χ3v) is 5.10. The fourth-order valence-corrected chi connectivity index (χ4v) is 3.19. The summed E-state index contributed by atoms with van der Waals surface area (Å²) in [5, 5.41) is 27.3. The molecule has 30 heavy (non-hydrogen) atoms. The number of carbonyl (C=O) groups excluding carboxylic acids is 1. The first kappa shape index (κ1) is 29.2. The molecule has 0 fully saturated rings. The lowest BCUT2D eigenvalue weighted by molar-refractivity contribution is -0.147. The number of unbranched alkanes of at least 4 members (excludes halogenated alkanes) is 7. The molecule has 0 aliphatic rings. The predicted octanol–water partition coefficient (Wildman–Crippen LogP) is 2.85. The molecule has 0 saturated heterocycles. The summed E-state index contributed by atoms with van der Waals surface area (Å²) in [4.78, 5) is 21.0. The third-order valence-electron chi connectivity index (χ3n) is 4.15. The average Bonchev–Trinajstić information content (AvgIpc) is 2.73. The molecule has 0 radical (unpaired) electrons. The topological polar surface area (TPSA) is 143 Å². The number of phosphoric ester groups is 1. The van der Waals surface area contributed by atoms with Gasteiger partial charge in [0.1, 0.15) is 18.8 Å². The van der Waals surface area contributed by atoms with Gasteiger partial charge >= 0.3 is 13.8 Å². The summed E-state index contributed by atoms with van der Waals surface area (Å²) in [5.74, 6) is -0.449. The number of rotatable bonds is 20. The fraction of sp³-hybridized carbons (Fsp3) is 0.850. The lowest BCUT2D eigenvalue weighted by Gasteiger charge is -2.16. The Kier molecular flexibility index (Phi) is 18.4. The van der Waals surface area contributed by atoms with Gasteiger partial charge in [0, 0.05) is 6.42 Å². The van der Waals surface area contributed by atoms with Crippen LogP contribution in [0, 0.1) is 0 Å². The Balaban J connectivity index is 3.67. The average molecular weight is 454 g/mol. The molecule has 10 heteroatoms. The summed E-state index contributed by atoms with van der Waals surface area (Å²) in [6, 6.07) is 0. The zero-order valence-corrected chi connectivity index (χ0v) is 18.9. The highest BCUT2D eigenvalue weighted by Crippen LogP contribution is 2.43. The van der Waals surface area contributed by atoms with Crippen molar-refractivity contribution in [2.45, 2.75) is 83.3 Å². The van der Waals surface area contributed by atoms with Crippen molar-refractivity contribution in [2.24, 2.45) is 0 Å². The summed E-state index contributed by atoms with van der Waals surface area (Å²) >= 11 is 0. The zero-order valence-electron chi connectivity index (χ0n) is 18.0. The van der Waals surface area contributed by atoms with Crippen LogP contribution in [0.2, 0.25) is 0 Å². The molecule has 0 spiro atoms. The first-order chi connectivity index (χ1) is 14.3. The van der Waals surface area contributed by atoms with Gasteiger partial charge in [-0.25, -0.2) is 4.57 Å². The third kappa shape index (κ3) is 19.2. The zero-order chi connectivity index (χ0) is 22.7. The molecule has 0 aliphatic heterocycles. The first-order valence-corrected chi connectivity index (χ1v) is 12.2. The largest absolute Gasteiger partial charge is 0.472 e. The molecular formula is C20H39O9P. The lowest BCUT2D eigenvalue weighted by atomic mass is 10.1. The van der Waals surface area contributed by atoms with E-state index in [2.05, 4.69) is 28.1 Å². The van der Waals surface area contributed by atoms with Crippen LogP contribution in [0.1, 0.15) is 71.1 Å². The summed E-state index contributed by atoms with van der Waals surface area (Å²) < 4.78 is 25.4. The van der Waals surface area contributed by atoms with Gasteiger partial charge in [0.2, 0.25) is 0 Å².